The minimum absolute atomic E-state index is 0.263. The molecule has 0 aliphatic heterocycles. The van der Waals surface area contributed by atoms with E-state index in [1.54, 1.807) is 47.1 Å². The van der Waals surface area contributed by atoms with E-state index in [1.165, 1.54) is 12.1 Å². The second kappa shape index (κ2) is 5.62. The van der Waals surface area contributed by atoms with Gasteiger partial charge in [-0.1, -0.05) is 0 Å². The molecule has 0 saturated heterocycles. The number of carbonyl (C=O) groups excluding carboxylic acids is 1. The highest BCUT2D eigenvalue weighted by Crippen LogP contribution is 2.24. The summed E-state index contributed by atoms with van der Waals surface area (Å²) < 4.78 is 14.7. The third kappa shape index (κ3) is 2.50. The van der Waals surface area contributed by atoms with Crippen LogP contribution >= 0.6 is 0 Å². The SMILES string of the molecule is N#Cc1cc(-c2ccc(F)cc2)n(-c2ccc(C=O)cc2)n1. The van der Waals surface area contributed by atoms with Crippen molar-refractivity contribution in [3.8, 4) is 23.0 Å². The Morgan fingerprint density at radius 1 is 1.09 bits per heavy atom. The van der Waals surface area contributed by atoms with Gasteiger partial charge in [0.25, 0.3) is 0 Å². The van der Waals surface area contributed by atoms with Crippen molar-refractivity contribution in [1.82, 2.24) is 9.78 Å². The maximum absolute atomic E-state index is 13.1. The lowest BCUT2D eigenvalue weighted by molar-refractivity contribution is 0.112. The smallest absolute Gasteiger partial charge is 0.163 e. The van der Waals surface area contributed by atoms with Gasteiger partial charge in [-0.3, -0.25) is 4.79 Å². The average Bonchev–Trinajstić information content (AvgIpc) is 3.00. The van der Waals surface area contributed by atoms with Crippen LogP contribution < -0.4 is 0 Å². The fraction of sp³-hybridized carbons (Fsp3) is 0. The van der Waals surface area contributed by atoms with E-state index in [9.17, 15) is 9.18 Å². The lowest BCUT2D eigenvalue weighted by Gasteiger charge is -2.07. The maximum atomic E-state index is 13.1. The first-order chi connectivity index (χ1) is 10.7. The molecule has 106 valence electrons. The number of halogens is 1. The first-order valence-electron chi connectivity index (χ1n) is 6.53. The molecule has 0 atom stereocenters. The van der Waals surface area contributed by atoms with Crippen molar-refractivity contribution < 1.29 is 9.18 Å². The number of rotatable bonds is 3. The van der Waals surface area contributed by atoms with Crippen molar-refractivity contribution in [2.45, 2.75) is 0 Å². The lowest BCUT2D eigenvalue weighted by Crippen LogP contribution is -1.99. The molecule has 0 N–H and O–H groups in total. The largest absolute Gasteiger partial charge is 0.298 e. The summed E-state index contributed by atoms with van der Waals surface area (Å²) in [6, 6.07) is 16.4. The van der Waals surface area contributed by atoms with Crippen LogP contribution in [0.25, 0.3) is 16.9 Å². The molecule has 1 aromatic heterocycles. The third-order valence-electron chi connectivity index (χ3n) is 3.24. The molecule has 2 aromatic carbocycles. The zero-order chi connectivity index (χ0) is 15.5. The molecule has 0 aliphatic rings. The molecule has 22 heavy (non-hydrogen) atoms. The standard InChI is InChI=1S/C17H10FN3O/c18-14-5-3-13(4-6-14)17-9-15(10-19)20-21(17)16-7-1-12(11-22)2-8-16/h1-9,11H. The van der Waals surface area contributed by atoms with Gasteiger partial charge in [0.05, 0.1) is 11.4 Å². The summed E-state index contributed by atoms with van der Waals surface area (Å²) >= 11 is 0. The van der Waals surface area contributed by atoms with Gasteiger partial charge in [-0.2, -0.15) is 10.4 Å². The van der Waals surface area contributed by atoms with Gasteiger partial charge < -0.3 is 0 Å². The molecule has 1 heterocycles. The minimum atomic E-state index is -0.328. The van der Waals surface area contributed by atoms with E-state index in [-0.39, 0.29) is 11.5 Å². The Labute approximate surface area is 126 Å². The van der Waals surface area contributed by atoms with Crippen LogP contribution in [-0.4, -0.2) is 16.1 Å². The van der Waals surface area contributed by atoms with Crippen molar-refractivity contribution in [3.05, 3.63) is 71.7 Å². The van der Waals surface area contributed by atoms with Crippen LogP contribution in [0.15, 0.2) is 54.6 Å². The van der Waals surface area contributed by atoms with Crippen molar-refractivity contribution >= 4 is 6.29 Å². The summed E-state index contributed by atoms with van der Waals surface area (Å²) in [6.07, 6.45) is 0.758. The van der Waals surface area contributed by atoms with E-state index in [0.717, 1.165) is 11.8 Å². The number of benzene rings is 2. The molecule has 0 unspecified atom stereocenters. The number of nitriles is 1. The molecule has 0 bridgehead atoms. The molecule has 3 rings (SSSR count). The second-order valence-corrected chi connectivity index (χ2v) is 4.65. The van der Waals surface area contributed by atoms with Crippen LogP contribution in [0.1, 0.15) is 16.1 Å². The number of hydrogen-bond acceptors (Lipinski definition) is 3. The first-order valence-corrected chi connectivity index (χ1v) is 6.53. The van der Waals surface area contributed by atoms with Gasteiger partial charge in [-0.05, 0) is 48.5 Å². The molecular formula is C17H10FN3O. The van der Waals surface area contributed by atoms with E-state index >= 15 is 0 Å². The Morgan fingerprint density at radius 3 is 2.36 bits per heavy atom. The second-order valence-electron chi connectivity index (χ2n) is 4.65. The summed E-state index contributed by atoms with van der Waals surface area (Å²) in [4.78, 5) is 10.7. The Hall–Kier alpha value is -3.26. The van der Waals surface area contributed by atoms with Crippen LogP contribution in [0.4, 0.5) is 4.39 Å². The van der Waals surface area contributed by atoms with E-state index in [1.807, 2.05) is 6.07 Å². The number of aldehydes is 1. The number of hydrogen-bond donors (Lipinski definition) is 0. The molecule has 0 amide bonds. The molecule has 0 saturated carbocycles. The molecule has 5 heteroatoms. The number of carbonyl (C=O) groups is 1. The Bertz CT molecular complexity index is 858. The van der Waals surface area contributed by atoms with Crippen molar-refractivity contribution in [2.75, 3.05) is 0 Å². The fourth-order valence-electron chi connectivity index (χ4n) is 2.15. The predicted molar refractivity (Wildman–Crippen MR) is 79.1 cm³/mol. The average molecular weight is 291 g/mol. The van der Waals surface area contributed by atoms with Crippen LogP contribution in [-0.2, 0) is 0 Å². The Morgan fingerprint density at radius 2 is 1.77 bits per heavy atom. The summed E-state index contributed by atoms with van der Waals surface area (Å²) in [5, 5.41) is 13.3. The fourth-order valence-corrected chi connectivity index (χ4v) is 2.15. The van der Waals surface area contributed by atoms with E-state index in [0.29, 0.717) is 16.9 Å². The summed E-state index contributed by atoms with van der Waals surface area (Å²) in [5.74, 6) is -0.328. The zero-order valence-corrected chi connectivity index (χ0v) is 11.4. The van der Waals surface area contributed by atoms with Crippen LogP contribution in [0.3, 0.4) is 0 Å². The van der Waals surface area contributed by atoms with E-state index in [2.05, 4.69) is 5.10 Å². The highest BCUT2D eigenvalue weighted by molar-refractivity contribution is 5.75. The van der Waals surface area contributed by atoms with Gasteiger partial charge in [0, 0.05) is 17.2 Å². The van der Waals surface area contributed by atoms with Crippen LogP contribution in [0, 0.1) is 17.1 Å². The minimum Gasteiger partial charge on any atom is -0.298 e. The van der Waals surface area contributed by atoms with Gasteiger partial charge in [-0.15, -0.1) is 0 Å². The Balaban J connectivity index is 2.14. The van der Waals surface area contributed by atoms with Crippen molar-refractivity contribution in [3.63, 3.8) is 0 Å². The molecule has 0 radical (unpaired) electrons. The van der Waals surface area contributed by atoms with Crippen molar-refractivity contribution in [2.24, 2.45) is 0 Å². The monoisotopic (exact) mass is 291 g/mol. The predicted octanol–water partition coefficient (Wildman–Crippen LogP) is 3.36. The molecule has 0 fully saturated rings. The summed E-state index contributed by atoms with van der Waals surface area (Å²) in [5.41, 5.74) is 2.95. The first kappa shape index (κ1) is 13.7. The highest BCUT2D eigenvalue weighted by Gasteiger charge is 2.11. The van der Waals surface area contributed by atoms with Gasteiger partial charge in [0.1, 0.15) is 18.2 Å². The van der Waals surface area contributed by atoms with Crippen LogP contribution in [0.2, 0.25) is 0 Å². The molecular weight excluding hydrogens is 281 g/mol. The Kier molecular flexibility index (Phi) is 3.50. The van der Waals surface area contributed by atoms with Crippen LogP contribution in [0.5, 0.6) is 0 Å². The summed E-state index contributed by atoms with van der Waals surface area (Å²) in [7, 11) is 0. The molecule has 3 aromatic rings. The van der Waals surface area contributed by atoms with Gasteiger partial charge in [0.2, 0.25) is 0 Å². The lowest BCUT2D eigenvalue weighted by atomic mass is 10.1. The number of aromatic nitrogens is 2. The quantitative estimate of drug-likeness (QED) is 0.695. The van der Waals surface area contributed by atoms with E-state index in [4.69, 9.17) is 5.26 Å². The topological polar surface area (TPSA) is 58.7 Å². The number of nitrogens with zero attached hydrogens (tertiary/aromatic N) is 3. The normalized spacial score (nSPS) is 10.2. The molecule has 0 spiro atoms. The van der Waals surface area contributed by atoms with E-state index < -0.39 is 0 Å². The van der Waals surface area contributed by atoms with Crippen molar-refractivity contribution in [1.29, 1.82) is 5.26 Å². The maximum Gasteiger partial charge on any atom is 0.163 e. The van der Waals surface area contributed by atoms with Gasteiger partial charge >= 0.3 is 0 Å². The summed E-state index contributed by atoms with van der Waals surface area (Å²) in [6.45, 7) is 0. The van der Waals surface area contributed by atoms with Gasteiger partial charge in [0.15, 0.2) is 5.69 Å². The van der Waals surface area contributed by atoms with Gasteiger partial charge in [-0.25, -0.2) is 9.07 Å². The zero-order valence-electron chi connectivity index (χ0n) is 11.4. The highest BCUT2D eigenvalue weighted by atomic mass is 19.1. The molecule has 4 nitrogen and oxygen atoms in total. The third-order valence-corrected chi connectivity index (χ3v) is 3.24. The molecule has 0 aliphatic carbocycles.